The average Bonchev–Trinajstić information content (AvgIpc) is 2.65. The van der Waals surface area contributed by atoms with Gasteiger partial charge in [-0.05, 0) is 19.4 Å². The fraction of sp³-hybridized carbons (Fsp3) is 0.900. The minimum Gasteiger partial charge on any atom is -0.345 e. The zero-order valence-corrected chi connectivity index (χ0v) is 11.9. The van der Waals surface area contributed by atoms with Crippen LogP contribution in [0, 0.1) is 0 Å². The molecule has 1 atom stereocenters. The van der Waals surface area contributed by atoms with Crippen LogP contribution in [0.3, 0.4) is 0 Å². The van der Waals surface area contributed by atoms with E-state index in [9.17, 15) is 13.2 Å². The molecule has 1 N–H and O–H groups in total. The fourth-order valence-electron chi connectivity index (χ4n) is 1.73. The summed E-state index contributed by atoms with van der Waals surface area (Å²) in [5.74, 6) is 0.0518. The molecule has 0 aromatic rings. The predicted octanol–water partition coefficient (Wildman–Crippen LogP) is 0.0533. The average molecular weight is 285 g/mol. The molecule has 1 aliphatic heterocycles. The molecule has 1 amide bonds. The number of sulfone groups is 1. The van der Waals surface area contributed by atoms with Gasteiger partial charge < -0.3 is 10.2 Å². The van der Waals surface area contributed by atoms with Crippen molar-refractivity contribution in [3.05, 3.63) is 0 Å². The number of hydrogen-bond acceptors (Lipinski definition) is 4. The lowest BCUT2D eigenvalue weighted by Gasteiger charge is -2.18. The largest absolute Gasteiger partial charge is 0.345 e. The van der Waals surface area contributed by atoms with E-state index in [2.05, 4.69) is 5.32 Å². The van der Waals surface area contributed by atoms with Gasteiger partial charge in [0, 0.05) is 32.3 Å². The Morgan fingerprint density at radius 3 is 2.59 bits per heavy atom. The quantitative estimate of drug-likeness (QED) is 0.775. The summed E-state index contributed by atoms with van der Waals surface area (Å²) in [5.41, 5.74) is 0. The fourth-order valence-corrected chi connectivity index (χ4v) is 2.33. The summed E-state index contributed by atoms with van der Waals surface area (Å²) in [6, 6.07) is 0.271. The Balaban J connectivity index is 0.00000256. The first-order valence-electron chi connectivity index (χ1n) is 5.53. The van der Waals surface area contributed by atoms with Crippen molar-refractivity contribution < 1.29 is 13.2 Å². The van der Waals surface area contributed by atoms with E-state index in [1.165, 1.54) is 11.2 Å². The van der Waals surface area contributed by atoms with Crippen LogP contribution in [0.15, 0.2) is 0 Å². The number of carbonyl (C=O) groups is 1. The molecule has 1 heterocycles. The van der Waals surface area contributed by atoms with Crippen LogP contribution in [0.4, 0.5) is 0 Å². The third kappa shape index (κ3) is 6.85. The van der Waals surface area contributed by atoms with Crippen molar-refractivity contribution in [1.82, 2.24) is 10.2 Å². The van der Waals surface area contributed by atoms with Crippen molar-refractivity contribution in [2.45, 2.75) is 25.3 Å². The first kappa shape index (κ1) is 16.7. The molecule has 0 aliphatic carbocycles. The molecule has 1 aliphatic rings. The van der Waals surface area contributed by atoms with Crippen LogP contribution in [0.1, 0.15) is 19.3 Å². The monoisotopic (exact) mass is 284 g/mol. The van der Waals surface area contributed by atoms with Gasteiger partial charge in [-0.1, -0.05) is 0 Å². The maximum atomic E-state index is 11.7. The predicted molar refractivity (Wildman–Crippen MR) is 70.2 cm³/mol. The van der Waals surface area contributed by atoms with Gasteiger partial charge >= 0.3 is 0 Å². The van der Waals surface area contributed by atoms with Gasteiger partial charge in [-0.2, -0.15) is 0 Å². The maximum Gasteiger partial charge on any atom is 0.223 e. The van der Waals surface area contributed by atoms with Gasteiger partial charge in [0.25, 0.3) is 0 Å². The Hall–Kier alpha value is -0.330. The first-order chi connectivity index (χ1) is 7.38. The Labute approximate surface area is 109 Å². The molecule has 17 heavy (non-hydrogen) atoms. The molecule has 1 unspecified atom stereocenters. The third-order valence-corrected chi connectivity index (χ3v) is 3.73. The highest BCUT2D eigenvalue weighted by molar-refractivity contribution is 7.90. The molecule has 1 saturated heterocycles. The first-order valence-corrected chi connectivity index (χ1v) is 7.59. The smallest absolute Gasteiger partial charge is 0.223 e. The highest BCUT2D eigenvalue weighted by Crippen LogP contribution is 2.09. The van der Waals surface area contributed by atoms with Crippen LogP contribution >= 0.6 is 12.4 Å². The molecule has 0 aromatic heterocycles. The summed E-state index contributed by atoms with van der Waals surface area (Å²) in [6.07, 6.45) is 3.81. The lowest BCUT2D eigenvalue weighted by Crippen LogP contribution is -2.35. The molecular formula is C10H21ClN2O3S. The van der Waals surface area contributed by atoms with E-state index in [-0.39, 0.29) is 36.7 Å². The van der Waals surface area contributed by atoms with Crippen molar-refractivity contribution >= 4 is 28.2 Å². The summed E-state index contributed by atoms with van der Waals surface area (Å²) >= 11 is 0. The van der Waals surface area contributed by atoms with E-state index in [1.54, 1.807) is 7.05 Å². The minimum atomic E-state index is -2.99. The van der Waals surface area contributed by atoms with Gasteiger partial charge in [0.1, 0.15) is 9.84 Å². The minimum absolute atomic E-state index is 0. The van der Waals surface area contributed by atoms with Gasteiger partial charge in [0.05, 0.1) is 5.75 Å². The third-order valence-electron chi connectivity index (χ3n) is 2.81. The zero-order valence-electron chi connectivity index (χ0n) is 10.3. The molecule has 0 radical (unpaired) electrons. The highest BCUT2D eigenvalue weighted by atomic mass is 35.5. The standard InChI is InChI=1S/C10H20N2O3S.ClH/c1-12(6-7-16(2,14)15)10(13)8-9-4-3-5-11-9;/h9,11H,3-8H2,1-2H3;1H. The number of nitrogens with one attached hydrogen (secondary N) is 1. The summed E-state index contributed by atoms with van der Waals surface area (Å²) in [5, 5.41) is 3.25. The highest BCUT2D eigenvalue weighted by Gasteiger charge is 2.20. The van der Waals surface area contributed by atoms with Gasteiger partial charge in [0.2, 0.25) is 5.91 Å². The maximum absolute atomic E-state index is 11.7. The molecule has 7 heteroatoms. The van der Waals surface area contributed by atoms with Crippen LogP contribution in [0.2, 0.25) is 0 Å². The van der Waals surface area contributed by atoms with Crippen LogP contribution in [-0.2, 0) is 14.6 Å². The molecule has 102 valence electrons. The molecular weight excluding hydrogens is 264 g/mol. The normalized spacial score (nSPS) is 19.8. The second-order valence-corrected chi connectivity index (χ2v) is 6.70. The second kappa shape index (κ2) is 7.18. The van der Waals surface area contributed by atoms with Crippen LogP contribution in [-0.4, -0.2) is 57.4 Å². The van der Waals surface area contributed by atoms with E-state index >= 15 is 0 Å². The Kier molecular flexibility index (Phi) is 7.04. The number of nitrogens with zero attached hydrogens (tertiary/aromatic N) is 1. The van der Waals surface area contributed by atoms with E-state index in [1.807, 2.05) is 0 Å². The number of rotatable bonds is 5. The Morgan fingerprint density at radius 1 is 1.47 bits per heavy atom. The molecule has 0 bridgehead atoms. The molecule has 1 rings (SSSR count). The van der Waals surface area contributed by atoms with Gasteiger partial charge in [0.15, 0.2) is 0 Å². The molecule has 0 saturated carbocycles. The van der Waals surface area contributed by atoms with Gasteiger partial charge in [-0.15, -0.1) is 12.4 Å². The van der Waals surface area contributed by atoms with Gasteiger partial charge in [-0.25, -0.2) is 8.42 Å². The van der Waals surface area contributed by atoms with Crippen molar-refractivity contribution in [1.29, 1.82) is 0 Å². The number of hydrogen-bond donors (Lipinski definition) is 1. The Bertz CT molecular complexity index is 339. The molecule has 5 nitrogen and oxygen atoms in total. The summed E-state index contributed by atoms with van der Waals surface area (Å²) in [7, 11) is -1.33. The Morgan fingerprint density at radius 2 is 2.12 bits per heavy atom. The van der Waals surface area contributed by atoms with Crippen molar-refractivity contribution in [2.24, 2.45) is 0 Å². The van der Waals surface area contributed by atoms with Crippen molar-refractivity contribution in [2.75, 3.05) is 32.1 Å². The van der Waals surface area contributed by atoms with Crippen LogP contribution in [0.5, 0.6) is 0 Å². The molecule has 1 fully saturated rings. The zero-order chi connectivity index (χ0) is 12.2. The number of carbonyl (C=O) groups excluding carboxylic acids is 1. The summed E-state index contributed by atoms with van der Waals surface area (Å²) in [6.45, 7) is 1.26. The lowest BCUT2D eigenvalue weighted by molar-refractivity contribution is -0.130. The molecule has 0 aromatic carbocycles. The molecule has 0 spiro atoms. The van der Waals surface area contributed by atoms with E-state index in [0.29, 0.717) is 6.42 Å². The SMILES string of the molecule is CN(CCS(C)(=O)=O)C(=O)CC1CCCN1.Cl. The van der Waals surface area contributed by atoms with Gasteiger partial charge in [-0.3, -0.25) is 4.79 Å². The van der Waals surface area contributed by atoms with Crippen molar-refractivity contribution in [3.8, 4) is 0 Å². The van der Waals surface area contributed by atoms with Crippen molar-refractivity contribution in [3.63, 3.8) is 0 Å². The van der Waals surface area contributed by atoms with E-state index in [4.69, 9.17) is 0 Å². The van der Waals surface area contributed by atoms with Crippen LogP contribution in [0.25, 0.3) is 0 Å². The summed E-state index contributed by atoms with van der Waals surface area (Å²) < 4.78 is 21.9. The summed E-state index contributed by atoms with van der Waals surface area (Å²) in [4.78, 5) is 13.2. The van der Waals surface area contributed by atoms with E-state index < -0.39 is 9.84 Å². The van der Waals surface area contributed by atoms with E-state index in [0.717, 1.165) is 19.4 Å². The second-order valence-electron chi connectivity index (χ2n) is 4.44. The topological polar surface area (TPSA) is 66.5 Å². The number of halogens is 1. The van der Waals surface area contributed by atoms with Crippen LogP contribution < -0.4 is 5.32 Å². The number of amides is 1. The lowest BCUT2D eigenvalue weighted by atomic mass is 10.1.